The zero-order valence-corrected chi connectivity index (χ0v) is 14.4. The summed E-state index contributed by atoms with van der Waals surface area (Å²) in [5.41, 5.74) is 4.49. The molecule has 2 rings (SSSR count). The molecule has 0 aliphatic rings. The second kappa shape index (κ2) is 6.91. The third kappa shape index (κ3) is 3.46. The summed E-state index contributed by atoms with van der Waals surface area (Å²) in [5, 5.41) is 8.96. The standard InChI is InChI=1S/C16H14ClFN4O3/c1-7(2)25-15(23)9-4-13(12(18)5-11(9)17)22-14(20)10(6-19)8(3)21-16(22)24/h4-5,7H,20H2,1-3H3. The predicted octanol–water partition coefficient (Wildman–Crippen LogP) is 2.35. The Labute approximate surface area is 147 Å². The smallest absolute Gasteiger partial charge is 0.354 e. The molecule has 0 saturated heterocycles. The highest BCUT2D eigenvalue weighted by atomic mass is 35.5. The quantitative estimate of drug-likeness (QED) is 0.837. The van der Waals surface area contributed by atoms with Gasteiger partial charge in [0.1, 0.15) is 23.3 Å². The van der Waals surface area contributed by atoms with Crippen molar-refractivity contribution >= 4 is 23.4 Å². The summed E-state index contributed by atoms with van der Waals surface area (Å²) >= 11 is 5.90. The minimum absolute atomic E-state index is 0.0692. The lowest BCUT2D eigenvalue weighted by atomic mass is 10.1. The van der Waals surface area contributed by atoms with E-state index < -0.39 is 23.6 Å². The summed E-state index contributed by atoms with van der Waals surface area (Å²) in [4.78, 5) is 27.9. The van der Waals surface area contributed by atoms with Crippen molar-refractivity contribution in [1.82, 2.24) is 9.55 Å². The van der Waals surface area contributed by atoms with Crippen LogP contribution in [-0.4, -0.2) is 21.6 Å². The normalized spacial score (nSPS) is 10.6. The number of nitrogens with zero attached hydrogens (tertiary/aromatic N) is 3. The van der Waals surface area contributed by atoms with Crippen LogP contribution in [0, 0.1) is 24.1 Å². The molecule has 2 N–H and O–H groups in total. The summed E-state index contributed by atoms with van der Waals surface area (Å²) in [7, 11) is 0. The first-order chi connectivity index (χ1) is 11.7. The number of carbonyl (C=O) groups is 1. The zero-order valence-electron chi connectivity index (χ0n) is 13.6. The van der Waals surface area contributed by atoms with Gasteiger partial charge >= 0.3 is 11.7 Å². The van der Waals surface area contributed by atoms with Gasteiger partial charge < -0.3 is 10.5 Å². The molecule has 0 unspecified atom stereocenters. The van der Waals surface area contributed by atoms with Gasteiger partial charge in [-0.05, 0) is 32.9 Å². The molecule has 25 heavy (non-hydrogen) atoms. The van der Waals surface area contributed by atoms with Crippen molar-refractivity contribution in [2.24, 2.45) is 0 Å². The lowest BCUT2D eigenvalue weighted by Gasteiger charge is -2.15. The van der Waals surface area contributed by atoms with Gasteiger partial charge in [0.15, 0.2) is 0 Å². The number of esters is 1. The molecule has 0 radical (unpaired) electrons. The van der Waals surface area contributed by atoms with Gasteiger partial charge in [0.05, 0.1) is 28.1 Å². The van der Waals surface area contributed by atoms with Gasteiger partial charge in [0.25, 0.3) is 0 Å². The van der Waals surface area contributed by atoms with Crippen molar-refractivity contribution in [3.63, 3.8) is 0 Å². The van der Waals surface area contributed by atoms with Crippen LogP contribution in [0.2, 0.25) is 5.02 Å². The van der Waals surface area contributed by atoms with Crippen LogP contribution in [0.5, 0.6) is 0 Å². The Morgan fingerprint density at radius 1 is 1.48 bits per heavy atom. The van der Waals surface area contributed by atoms with E-state index in [4.69, 9.17) is 27.3 Å². The Kier molecular flexibility index (Phi) is 5.09. The van der Waals surface area contributed by atoms with Crippen LogP contribution < -0.4 is 11.4 Å². The maximum Gasteiger partial charge on any atom is 0.354 e. The molecule has 0 fully saturated rings. The number of ether oxygens (including phenoxy) is 1. The van der Waals surface area contributed by atoms with Crippen molar-refractivity contribution < 1.29 is 13.9 Å². The van der Waals surface area contributed by atoms with Crippen molar-refractivity contribution in [2.75, 3.05) is 5.73 Å². The molecule has 9 heteroatoms. The average molecular weight is 365 g/mol. The molecular weight excluding hydrogens is 351 g/mol. The third-order valence-corrected chi connectivity index (χ3v) is 3.58. The highest BCUT2D eigenvalue weighted by Gasteiger charge is 2.21. The SMILES string of the molecule is Cc1nc(=O)n(-c2cc(C(=O)OC(C)C)c(Cl)cc2F)c(N)c1C#N. The first-order valence-electron chi connectivity index (χ1n) is 7.17. The lowest BCUT2D eigenvalue weighted by Crippen LogP contribution is -2.27. The van der Waals surface area contributed by atoms with Gasteiger partial charge in [0.2, 0.25) is 0 Å². The molecule has 130 valence electrons. The van der Waals surface area contributed by atoms with E-state index in [2.05, 4.69) is 4.98 Å². The number of aryl methyl sites for hydroxylation is 1. The van der Waals surface area contributed by atoms with Crippen LogP contribution in [-0.2, 0) is 4.74 Å². The number of nitrogens with two attached hydrogens (primary N) is 1. The number of rotatable bonds is 3. The van der Waals surface area contributed by atoms with Crippen molar-refractivity contribution in [2.45, 2.75) is 26.9 Å². The number of halogens is 2. The van der Waals surface area contributed by atoms with E-state index in [9.17, 15) is 14.0 Å². The molecule has 1 aromatic carbocycles. The highest BCUT2D eigenvalue weighted by Crippen LogP contribution is 2.26. The average Bonchev–Trinajstić information content (AvgIpc) is 2.48. The Balaban J connectivity index is 2.76. The van der Waals surface area contributed by atoms with Crippen molar-refractivity contribution in [1.29, 1.82) is 5.26 Å². The highest BCUT2D eigenvalue weighted by molar-refractivity contribution is 6.33. The van der Waals surface area contributed by atoms with E-state index in [0.717, 1.165) is 12.1 Å². The molecule has 0 amide bonds. The molecule has 0 bridgehead atoms. The summed E-state index contributed by atoms with van der Waals surface area (Å²) in [6.45, 7) is 4.72. The minimum atomic E-state index is -0.908. The fourth-order valence-electron chi connectivity index (χ4n) is 2.16. The Bertz CT molecular complexity index is 963. The third-order valence-electron chi connectivity index (χ3n) is 3.27. The molecule has 0 aliphatic heterocycles. The van der Waals surface area contributed by atoms with Gasteiger partial charge in [0, 0.05) is 0 Å². The van der Waals surface area contributed by atoms with Crippen LogP contribution in [0.25, 0.3) is 5.69 Å². The molecule has 1 aromatic heterocycles. The van der Waals surface area contributed by atoms with E-state index in [-0.39, 0.29) is 33.3 Å². The van der Waals surface area contributed by atoms with Gasteiger partial charge in [-0.1, -0.05) is 11.6 Å². The first kappa shape index (κ1) is 18.4. The largest absolute Gasteiger partial charge is 0.459 e. The fourth-order valence-corrected chi connectivity index (χ4v) is 2.39. The minimum Gasteiger partial charge on any atom is -0.459 e. The molecule has 0 atom stereocenters. The maximum absolute atomic E-state index is 14.4. The van der Waals surface area contributed by atoms with Crippen LogP contribution in [0.15, 0.2) is 16.9 Å². The molecule has 0 saturated carbocycles. The van der Waals surface area contributed by atoms with E-state index in [1.165, 1.54) is 6.92 Å². The summed E-state index contributed by atoms with van der Waals surface area (Å²) in [6.07, 6.45) is -0.420. The number of nitriles is 1. The Hall–Kier alpha value is -2.92. The number of hydrogen-bond donors (Lipinski definition) is 1. The Morgan fingerprint density at radius 3 is 2.68 bits per heavy atom. The van der Waals surface area contributed by atoms with E-state index in [1.807, 2.05) is 6.07 Å². The summed E-state index contributed by atoms with van der Waals surface area (Å²) in [5.74, 6) is -1.98. The predicted molar refractivity (Wildman–Crippen MR) is 89.2 cm³/mol. The van der Waals surface area contributed by atoms with E-state index in [0.29, 0.717) is 4.57 Å². The van der Waals surface area contributed by atoms with Gasteiger partial charge in [-0.15, -0.1) is 0 Å². The van der Waals surface area contributed by atoms with Gasteiger partial charge in [-0.3, -0.25) is 0 Å². The van der Waals surface area contributed by atoms with E-state index in [1.54, 1.807) is 13.8 Å². The zero-order chi connectivity index (χ0) is 18.9. The number of nitrogen functional groups attached to an aromatic ring is 1. The second-order valence-electron chi connectivity index (χ2n) is 5.42. The monoisotopic (exact) mass is 364 g/mol. The van der Waals surface area contributed by atoms with Crippen LogP contribution in [0.1, 0.15) is 35.5 Å². The van der Waals surface area contributed by atoms with Gasteiger partial charge in [-0.2, -0.15) is 10.2 Å². The van der Waals surface area contributed by atoms with Gasteiger partial charge in [-0.25, -0.2) is 18.5 Å². The fraction of sp³-hybridized carbons (Fsp3) is 0.250. The van der Waals surface area contributed by atoms with Crippen LogP contribution >= 0.6 is 11.6 Å². The molecule has 7 nitrogen and oxygen atoms in total. The molecule has 2 aromatic rings. The van der Waals surface area contributed by atoms with Crippen LogP contribution in [0.4, 0.5) is 10.2 Å². The number of benzene rings is 1. The molecular formula is C16H14ClFN4O3. The number of carbonyl (C=O) groups excluding carboxylic acids is 1. The van der Waals surface area contributed by atoms with Crippen molar-refractivity contribution in [3.05, 3.63) is 50.3 Å². The number of aromatic nitrogens is 2. The van der Waals surface area contributed by atoms with Crippen LogP contribution in [0.3, 0.4) is 0 Å². The number of anilines is 1. The first-order valence-corrected chi connectivity index (χ1v) is 7.54. The molecule has 1 heterocycles. The second-order valence-corrected chi connectivity index (χ2v) is 5.83. The van der Waals surface area contributed by atoms with Crippen molar-refractivity contribution in [3.8, 4) is 11.8 Å². The van der Waals surface area contributed by atoms with E-state index >= 15 is 0 Å². The maximum atomic E-state index is 14.4. The number of hydrogen-bond acceptors (Lipinski definition) is 6. The molecule has 0 aliphatic carbocycles. The Morgan fingerprint density at radius 2 is 2.12 bits per heavy atom. The lowest BCUT2D eigenvalue weighted by molar-refractivity contribution is 0.0378. The summed E-state index contributed by atoms with van der Waals surface area (Å²) < 4.78 is 20.1. The topological polar surface area (TPSA) is 111 Å². The summed E-state index contributed by atoms with van der Waals surface area (Å²) in [6, 6.07) is 3.71. The molecule has 0 spiro atoms.